The molecule has 0 bridgehead atoms. The lowest BCUT2D eigenvalue weighted by atomic mass is 10.1. The van der Waals surface area contributed by atoms with Crippen molar-refractivity contribution in [1.82, 2.24) is 0 Å². The first-order valence-corrected chi connectivity index (χ1v) is 6.79. The number of hydrogen-bond acceptors (Lipinski definition) is 3. The summed E-state index contributed by atoms with van der Waals surface area (Å²) in [4.78, 5) is 10.5. The highest BCUT2D eigenvalue weighted by molar-refractivity contribution is 5.79. The molecule has 1 aromatic carbocycles. The van der Waals surface area contributed by atoms with Crippen molar-refractivity contribution >= 4 is 5.97 Å². The molecule has 22 heavy (non-hydrogen) atoms. The van der Waals surface area contributed by atoms with E-state index in [0.29, 0.717) is 11.5 Å². The lowest BCUT2D eigenvalue weighted by Gasteiger charge is -2.08. The molecule has 0 aliphatic carbocycles. The summed E-state index contributed by atoms with van der Waals surface area (Å²) in [5.41, 5.74) is 0. The van der Waals surface area contributed by atoms with Gasteiger partial charge in [0, 0.05) is 12.0 Å². The highest BCUT2D eigenvalue weighted by Crippen LogP contribution is 2.19. The van der Waals surface area contributed by atoms with Crippen molar-refractivity contribution in [3.05, 3.63) is 73.1 Å². The van der Waals surface area contributed by atoms with E-state index in [1.54, 1.807) is 25.3 Å². The lowest BCUT2D eigenvalue weighted by Crippen LogP contribution is -1.95. The second-order valence-corrected chi connectivity index (χ2v) is 4.34. The molecule has 0 radical (unpaired) electrons. The van der Waals surface area contributed by atoms with E-state index in [4.69, 9.17) is 14.6 Å². The normalized spacial score (nSPS) is 13.3. The minimum atomic E-state index is -0.985. The van der Waals surface area contributed by atoms with Gasteiger partial charge in [0.1, 0.15) is 17.3 Å². The van der Waals surface area contributed by atoms with Crippen LogP contribution in [0.3, 0.4) is 0 Å². The van der Waals surface area contributed by atoms with Crippen LogP contribution in [0.1, 0.15) is 6.92 Å². The molecule has 0 saturated carbocycles. The Morgan fingerprint density at radius 3 is 2.27 bits per heavy atom. The first-order valence-electron chi connectivity index (χ1n) is 6.79. The van der Waals surface area contributed by atoms with E-state index in [0.717, 1.165) is 11.8 Å². The minimum Gasteiger partial charge on any atom is -0.497 e. The summed E-state index contributed by atoms with van der Waals surface area (Å²) in [6.45, 7) is 5.54. The monoisotopic (exact) mass is 300 g/mol. The summed E-state index contributed by atoms with van der Waals surface area (Å²) >= 11 is 0. The molecule has 1 atom stereocenters. The van der Waals surface area contributed by atoms with Crippen molar-refractivity contribution in [1.29, 1.82) is 0 Å². The number of carbonyl (C=O) groups is 1. The van der Waals surface area contributed by atoms with Gasteiger partial charge in [-0.05, 0) is 43.3 Å². The summed E-state index contributed by atoms with van der Waals surface area (Å²) in [6.07, 6.45) is 9.70. The number of aliphatic carboxylic acids is 1. The topological polar surface area (TPSA) is 55.8 Å². The van der Waals surface area contributed by atoms with Gasteiger partial charge in [0.15, 0.2) is 0 Å². The number of rotatable bonds is 8. The zero-order valence-electron chi connectivity index (χ0n) is 12.7. The third-order valence-electron chi connectivity index (χ3n) is 2.80. The maximum absolute atomic E-state index is 10.5. The predicted molar refractivity (Wildman–Crippen MR) is 87.0 cm³/mol. The summed E-state index contributed by atoms with van der Waals surface area (Å²) in [6, 6.07) is 7.25. The Hall–Kier alpha value is -2.75. The Morgan fingerprint density at radius 2 is 1.77 bits per heavy atom. The fourth-order valence-corrected chi connectivity index (χ4v) is 1.59. The van der Waals surface area contributed by atoms with Gasteiger partial charge >= 0.3 is 5.97 Å². The molecule has 0 fully saturated rings. The molecule has 1 N–H and O–H groups in total. The quantitative estimate of drug-likeness (QED) is 0.341. The molecular formula is C18H20O4. The highest BCUT2D eigenvalue weighted by atomic mass is 16.5. The third-order valence-corrected chi connectivity index (χ3v) is 2.80. The standard InChI is InChI=1S/C18H20O4/c1-4-14(7-13-18(19)20)6-8-15(5-2)22-17-11-9-16(21-3)10-12-17/h4-14H,1H2,2-3H3,(H,19,20)/b8-6-,13-7+,15-5+. The van der Waals surface area contributed by atoms with Gasteiger partial charge in [0.05, 0.1) is 7.11 Å². The number of carboxylic acids is 1. The molecule has 4 nitrogen and oxygen atoms in total. The minimum absolute atomic E-state index is 0.175. The molecule has 1 aromatic rings. The maximum Gasteiger partial charge on any atom is 0.328 e. The number of ether oxygens (including phenoxy) is 2. The van der Waals surface area contributed by atoms with E-state index < -0.39 is 5.97 Å². The van der Waals surface area contributed by atoms with Crippen LogP contribution >= 0.6 is 0 Å². The average molecular weight is 300 g/mol. The molecule has 116 valence electrons. The van der Waals surface area contributed by atoms with Gasteiger partial charge in [-0.3, -0.25) is 0 Å². The van der Waals surface area contributed by atoms with Crippen LogP contribution in [0, 0.1) is 5.92 Å². The van der Waals surface area contributed by atoms with E-state index in [2.05, 4.69) is 6.58 Å². The van der Waals surface area contributed by atoms with Crippen LogP contribution in [0.4, 0.5) is 0 Å². The SMILES string of the molecule is C=CC(/C=C\C(=C/C)Oc1ccc(OC)cc1)/C=C/C(=O)O. The zero-order chi connectivity index (χ0) is 16.4. The van der Waals surface area contributed by atoms with Gasteiger partial charge in [-0.1, -0.05) is 18.2 Å². The van der Waals surface area contributed by atoms with E-state index in [1.165, 1.54) is 0 Å². The number of carboxylic acid groups (broad SMARTS) is 1. The van der Waals surface area contributed by atoms with Crippen molar-refractivity contribution in [2.24, 2.45) is 5.92 Å². The van der Waals surface area contributed by atoms with Crippen LogP contribution in [-0.4, -0.2) is 18.2 Å². The fraction of sp³-hybridized carbons (Fsp3) is 0.167. The van der Waals surface area contributed by atoms with Gasteiger partial charge in [-0.15, -0.1) is 6.58 Å². The van der Waals surface area contributed by atoms with Crippen LogP contribution in [0.25, 0.3) is 0 Å². The van der Waals surface area contributed by atoms with Crippen LogP contribution in [0.2, 0.25) is 0 Å². The predicted octanol–water partition coefficient (Wildman–Crippen LogP) is 3.98. The Bertz CT molecular complexity index is 580. The molecule has 0 amide bonds. The number of hydrogen-bond donors (Lipinski definition) is 1. The van der Waals surface area contributed by atoms with Crippen molar-refractivity contribution in [2.45, 2.75) is 6.92 Å². The van der Waals surface area contributed by atoms with Crippen molar-refractivity contribution < 1.29 is 19.4 Å². The van der Waals surface area contributed by atoms with E-state index in [1.807, 2.05) is 43.3 Å². The second-order valence-electron chi connectivity index (χ2n) is 4.34. The van der Waals surface area contributed by atoms with Crippen molar-refractivity contribution in [3.8, 4) is 11.5 Å². The van der Waals surface area contributed by atoms with Gasteiger partial charge in [-0.25, -0.2) is 4.79 Å². The van der Waals surface area contributed by atoms with Gasteiger partial charge < -0.3 is 14.6 Å². The molecule has 1 rings (SSSR count). The number of methoxy groups -OCH3 is 1. The Morgan fingerprint density at radius 1 is 1.18 bits per heavy atom. The van der Waals surface area contributed by atoms with Gasteiger partial charge in [0.2, 0.25) is 0 Å². The molecule has 0 spiro atoms. The highest BCUT2D eigenvalue weighted by Gasteiger charge is 2.00. The van der Waals surface area contributed by atoms with E-state index >= 15 is 0 Å². The molecule has 0 aliphatic heterocycles. The zero-order valence-corrected chi connectivity index (χ0v) is 12.7. The van der Waals surface area contributed by atoms with Crippen LogP contribution in [0.15, 0.2) is 73.1 Å². The maximum atomic E-state index is 10.5. The van der Waals surface area contributed by atoms with Crippen LogP contribution in [-0.2, 0) is 4.79 Å². The molecule has 0 aliphatic rings. The second kappa shape index (κ2) is 9.23. The first-order chi connectivity index (χ1) is 10.6. The van der Waals surface area contributed by atoms with Crippen LogP contribution < -0.4 is 9.47 Å². The van der Waals surface area contributed by atoms with Crippen molar-refractivity contribution in [2.75, 3.05) is 7.11 Å². The Balaban J connectivity index is 2.72. The number of allylic oxidation sites excluding steroid dienone is 5. The summed E-state index contributed by atoms with van der Waals surface area (Å²) in [5.74, 6) is 0.942. The Labute approximate surface area is 130 Å². The first kappa shape index (κ1) is 17.3. The molecule has 0 heterocycles. The van der Waals surface area contributed by atoms with Crippen LogP contribution in [0.5, 0.6) is 11.5 Å². The molecular weight excluding hydrogens is 280 g/mol. The van der Waals surface area contributed by atoms with Crippen molar-refractivity contribution in [3.63, 3.8) is 0 Å². The largest absolute Gasteiger partial charge is 0.497 e. The molecule has 0 aromatic heterocycles. The molecule has 0 saturated heterocycles. The molecule has 1 unspecified atom stereocenters. The lowest BCUT2D eigenvalue weighted by molar-refractivity contribution is -0.131. The summed E-state index contributed by atoms with van der Waals surface area (Å²) in [5, 5.41) is 8.63. The number of benzene rings is 1. The average Bonchev–Trinajstić information content (AvgIpc) is 2.54. The van der Waals surface area contributed by atoms with Gasteiger partial charge in [-0.2, -0.15) is 0 Å². The summed E-state index contributed by atoms with van der Waals surface area (Å²) < 4.78 is 10.8. The van der Waals surface area contributed by atoms with E-state index in [9.17, 15) is 4.79 Å². The fourth-order valence-electron chi connectivity index (χ4n) is 1.59. The van der Waals surface area contributed by atoms with Gasteiger partial charge in [0.25, 0.3) is 0 Å². The Kier molecular flexibility index (Phi) is 7.26. The smallest absolute Gasteiger partial charge is 0.328 e. The summed E-state index contributed by atoms with van der Waals surface area (Å²) in [7, 11) is 1.61. The van der Waals surface area contributed by atoms with E-state index in [-0.39, 0.29) is 5.92 Å². The molecule has 4 heteroatoms. The third kappa shape index (κ3) is 6.13.